The van der Waals surface area contributed by atoms with Crippen LogP contribution in [0.2, 0.25) is 0 Å². The van der Waals surface area contributed by atoms with E-state index in [1.807, 2.05) is 11.3 Å². The predicted molar refractivity (Wildman–Crippen MR) is 277 cm³/mol. The van der Waals surface area contributed by atoms with Gasteiger partial charge in [-0.1, -0.05) is 157 Å². The van der Waals surface area contributed by atoms with Crippen molar-refractivity contribution >= 4 is 78.0 Å². The first-order valence-corrected chi connectivity index (χ1v) is 24.2. The van der Waals surface area contributed by atoms with Crippen molar-refractivity contribution in [1.29, 1.82) is 0 Å². The Hall–Kier alpha value is -5.06. The Morgan fingerprint density at radius 2 is 1.08 bits per heavy atom. The minimum atomic E-state index is -0.0126. The predicted octanol–water partition coefficient (Wildman–Crippen LogP) is 15.2. The monoisotopic (exact) mass is 844 g/mol. The average Bonchev–Trinajstić information content (AvgIpc) is 3.60. The van der Waals surface area contributed by atoms with E-state index >= 15 is 0 Å². The van der Waals surface area contributed by atoms with Crippen molar-refractivity contribution in [2.45, 2.75) is 137 Å². The van der Waals surface area contributed by atoms with Crippen molar-refractivity contribution in [1.82, 2.24) is 0 Å². The molecule has 0 bridgehead atoms. The molecule has 3 heterocycles. The van der Waals surface area contributed by atoms with Gasteiger partial charge in [0, 0.05) is 43.2 Å². The van der Waals surface area contributed by atoms with Crippen LogP contribution in [0.15, 0.2) is 115 Å². The summed E-state index contributed by atoms with van der Waals surface area (Å²) in [4.78, 5) is 5.31. The van der Waals surface area contributed by atoms with Crippen LogP contribution in [-0.4, -0.2) is 6.71 Å². The van der Waals surface area contributed by atoms with E-state index in [1.165, 1.54) is 117 Å². The van der Waals surface area contributed by atoms with E-state index in [9.17, 15) is 0 Å². The molecule has 7 aromatic rings. The Kier molecular flexibility index (Phi) is 9.30. The van der Waals surface area contributed by atoms with Gasteiger partial charge in [-0.3, -0.25) is 0 Å². The molecule has 3 aliphatic rings. The van der Waals surface area contributed by atoms with Crippen LogP contribution in [0.3, 0.4) is 0 Å². The summed E-state index contributed by atoms with van der Waals surface area (Å²) in [6.07, 6.45) is 2.35. The van der Waals surface area contributed by atoms with E-state index in [0.717, 1.165) is 0 Å². The smallest absolute Gasteiger partial charge is 0.264 e. The van der Waals surface area contributed by atoms with Crippen LogP contribution in [0.25, 0.3) is 21.2 Å². The molecule has 0 fully saturated rings. The highest BCUT2D eigenvalue weighted by molar-refractivity contribution is 7.33. The molecule has 2 nitrogen and oxygen atoms in total. The third kappa shape index (κ3) is 6.72. The van der Waals surface area contributed by atoms with Gasteiger partial charge in [-0.05, 0) is 145 Å². The maximum Gasteiger partial charge on any atom is 0.264 e. The van der Waals surface area contributed by atoms with Gasteiger partial charge in [0.25, 0.3) is 6.71 Å². The number of aryl methyl sites for hydroxylation is 1. The highest BCUT2D eigenvalue weighted by atomic mass is 32.1. The normalized spacial score (nSPS) is 16.4. The van der Waals surface area contributed by atoms with Gasteiger partial charge in [-0.25, -0.2) is 0 Å². The van der Waals surface area contributed by atoms with Gasteiger partial charge in [-0.15, -0.1) is 11.3 Å². The molecule has 320 valence electrons. The van der Waals surface area contributed by atoms with E-state index in [0.29, 0.717) is 0 Å². The molecule has 0 saturated heterocycles. The maximum absolute atomic E-state index is 2.69. The standard InChI is InChI=1S/C59H65BN2S/c1-36-31-49-52-50(32-36)62(47-28-25-40(57(8,9)10)33-43(47)37-19-21-38(22-20-37)55(2,3)4)48-35-45-44(58(11,12)29-30-59(45,13)14)34-46(48)60(52)54-53(42-17-15-16-18-51(42)63-54)61(49)41-26-23-39(24-27-41)56(5,6)7/h15-28,31-35H,29-30H2,1-14H3. The highest BCUT2D eigenvalue weighted by Gasteiger charge is 2.48. The van der Waals surface area contributed by atoms with Crippen molar-refractivity contribution < 1.29 is 0 Å². The Morgan fingerprint density at radius 3 is 1.68 bits per heavy atom. The molecule has 0 radical (unpaired) electrons. The number of hydrogen-bond acceptors (Lipinski definition) is 3. The molecular formula is C59H65BN2S. The van der Waals surface area contributed by atoms with Gasteiger partial charge in [0.2, 0.25) is 0 Å². The number of thiophene rings is 1. The molecule has 4 heteroatoms. The fourth-order valence-electron chi connectivity index (χ4n) is 10.8. The minimum absolute atomic E-state index is 0.0126. The van der Waals surface area contributed by atoms with Gasteiger partial charge >= 0.3 is 0 Å². The number of anilines is 6. The van der Waals surface area contributed by atoms with Gasteiger partial charge in [-0.2, -0.15) is 0 Å². The first kappa shape index (κ1) is 41.9. The lowest BCUT2D eigenvalue weighted by atomic mass is 9.35. The second-order valence-corrected chi connectivity index (χ2v) is 24.5. The molecule has 0 unspecified atom stereocenters. The molecule has 63 heavy (non-hydrogen) atoms. The van der Waals surface area contributed by atoms with Crippen LogP contribution in [0.4, 0.5) is 34.1 Å². The molecule has 0 atom stereocenters. The summed E-state index contributed by atoms with van der Waals surface area (Å²) < 4.78 is 2.77. The molecule has 1 aromatic heterocycles. The number of fused-ring (bicyclic) bond motifs is 7. The lowest BCUT2D eigenvalue weighted by Crippen LogP contribution is -2.61. The fraction of sp³-hybridized carbons (Fsp3) is 0.356. The quantitative estimate of drug-likeness (QED) is 0.164. The van der Waals surface area contributed by atoms with Crippen LogP contribution < -0.4 is 25.5 Å². The highest BCUT2D eigenvalue weighted by Crippen LogP contribution is 2.53. The second kappa shape index (κ2) is 14.0. The van der Waals surface area contributed by atoms with Gasteiger partial charge in [0.1, 0.15) is 0 Å². The molecule has 0 amide bonds. The van der Waals surface area contributed by atoms with Crippen LogP contribution in [0.5, 0.6) is 0 Å². The zero-order chi connectivity index (χ0) is 44.8. The fourth-order valence-corrected chi connectivity index (χ4v) is 12.2. The number of hydrogen-bond donors (Lipinski definition) is 0. The Bertz CT molecular complexity index is 2960. The third-order valence-corrected chi connectivity index (χ3v) is 16.1. The summed E-state index contributed by atoms with van der Waals surface area (Å²) in [6.45, 7) is 33.2. The first-order chi connectivity index (χ1) is 29.5. The van der Waals surface area contributed by atoms with Gasteiger partial charge < -0.3 is 9.80 Å². The number of nitrogens with zero attached hydrogens (tertiary/aromatic N) is 2. The van der Waals surface area contributed by atoms with Crippen molar-refractivity contribution in [2.24, 2.45) is 0 Å². The zero-order valence-corrected chi connectivity index (χ0v) is 41.1. The molecule has 6 aromatic carbocycles. The second-order valence-electron chi connectivity index (χ2n) is 23.5. The maximum atomic E-state index is 2.69. The summed E-state index contributed by atoms with van der Waals surface area (Å²) in [7, 11) is 0. The lowest BCUT2D eigenvalue weighted by Gasteiger charge is -2.47. The third-order valence-electron chi connectivity index (χ3n) is 14.8. The lowest BCUT2D eigenvalue weighted by molar-refractivity contribution is 0.332. The molecule has 0 N–H and O–H groups in total. The topological polar surface area (TPSA) is 6.48 Å². The summed E-state index contributed by atoms with van der Waals surface area (Å²) in [6, 6.07) is 45.6. The van der Waals surface area contributed by atoms with E-state index in [4.69, 9.17) is 0 Å². The Morgan fingerprint density at radius 1 is 0.540 bits per heavy atom. The summed E-state index contributed by atoms with van der Waals surface area (Å²) in [5, 5.41) is 1.33. The Labute approximate surface area is 382 Å². The van der Waals surface area contributed by atoms with Crippen molar-refractivity contribution in [2.75, 3.05) is 9.80 Å². The molecule has 0 spiro atoms. The van der Waals surface area contributed by atoms with E-state index < -0.39 is 0 Å². The van der Waals surface area contributed by atoms with Crippen molar-refractivity contribution in [3.63, 3.8) is 0 Å². The van der Waals surface area contributed by atoms with Crippen molar-refractivity contribution in [3.8, 4) is 11.1 Å². The minimum Gasteiger partial charge on any atom is -0.311 e. The van der Waals surface area contributed by atoms with Crippen LogP contribution in [0, 0.1) is 6.92 Å². The number of rotatable bonds is 3. The molecule has 10 rings (SSSR count). The van der Waals surface area contributed by atoms with E-state index in [1.54, 1.807) is 0 Å². The SMILES string of the molecule is Cc1cc2c3c(c1)N(c1ccc(C(C)(C)C)cc1)c1c(sc4ccccc14)B3c1cc3c(cc1N2c1ccc(C(C)(C)C)cc1-c1ccc(C(C)(C)C)cc1)C(C)(C)CCC3(C)C. The molecule has 2 aliphatic heterocycles. The summed E-state index contributed by atoms with van der Waals surface area (Å²) in [5.74, 6) is 0. The van der Waals surface area contributed by atoms with E-state index in [-0.39, 0.29) is 33.8 Å². The molecule has 1 aliphatic carbocycles. The largest absolute Gasteiger partial charge is 0.311 e. The van der Waals surface area contributed by atoms with Gasteiger partial charge in [0.05, 0.1) is 11.4 Å². The van der Waals surface area contributed by atoms with E-state index in [2.05, 4.69) is 222 Å². The number of benzene rings is 6. The Balaban J connectivity index is 1.33. The summed E-state index contributed by atoms with van der Waals surface area (Å²) >= 11 is 1.99. The van der Waals surface area contributed by atoms with Crippen molar-refractivity contribution in [3.05, 3.63) is 149 Å². The van der Waals surface area contributed by atoms with Crippen LogP contribution >= 0.6 is 11.3 Å². The first-order valence-electron chi connectivity index (χ1n) is 23.3. The average molecular weight is 845 g/mol. The van der Waals surface area contributed by atoms with Crippen LogP contribution in [0.1, 0.15) is 136 Å². The molecular weight excluding hydrogens is 780 g/mol. The summed E-state index contributed by atoms with van der Waals surface area (Å²) in [5.41, 5.74) is 21.5. The van der Waals surface area contributed by atoms with Crippen LogP contribution in [-0.2, 0) is 27.1 Å². The van der Waals surface area contributed by atoms with Gasteiger partial charge in [0.15, 0.2) is 0 Å². The zero-order valence-electron chi connectivity index (χ0n) is 40.3. The molecule has 0 saturated carbocycles.